The van der Waals surface area contributed by atoms with Crippen LogP contribution in [0.25, 0.3) is 0 Å². The predicted octanol–water partition coefficient (Wildman–Crippen LogP) is 0.890. The second-order valence-corrected chi connectivity index (χ2v) is 4.80. The minimum absolute atomic E-state index is 0.0464. The third kappa shape index (κ3) is 2.69. The molecule has 5 nitrogen and oxygen atoms in total. The molecule has 19 heavy (non-hydrogen) atoms. The normalized spacial score (nSPS) is 17.3. The fraction of sp³-hybridized carbons (Fsp3) is 0.429. The molecule has 1 aliphatic rings. The zero-order valence-corrected chi connectivity index (χ0v) is 11.1. The van der Waals surface area contributed by atoms with E-state index in [9.17, 15) is 9.90 Å². The number of anilines is 1. The van der Waals surface area contributed by atoms with Gasteiger partial charge in [-0.3, -0.25) is 4.79 Å². The summed E-state index contributed by atoms with van der Waals surface area (Å²) in [5, 5.41) is 18.8. The number of aliphatic hydroxyl groups is 1. The summed E-state index contributed by atoms with van der Waals surface area (Å²) >= 11 is 0. The predicted molar refractivity (Wildman–Crippen MR) is 71.6 cm³/mol. The smallest absolute Gasteiger partial charge is 0.241 e. The summed E-state index contributed by atoms with van der Waals surface area (Å²) < 4.78 is 0. The first kappa shape index (κ1) is 13.4. The van der Waals surface area contributed by atoms with Crippen LogP contribution in [-0.2, 0) is 4.79 Å². The standard InChI is InChI=1S/C14H17N3O2/c1-10(18)12-4-3-11(8-15)7-13(12)17-6-5-16(2)14(19)9-17/h3-4,7,10,18H,5-6,9H2,1-2H3/t10-/m0/s1. The van der Waals surface area contributed by atoms with Crippen molar-refractivity contribution in [1.82, 2.24) is 4.90 Å². The zero-order valence-electron chi connectivity index (χ0n) is 11.1. The molecule has 1 atom stereocenters. The molecule has 0 bridgehead atoms. The number of likely N-dealkylation sites (N-methyl/N-ethyl adjacent to an activating group) is 1. The summed E-state index contributed by atoms with van der Waals surface area (Å²) in [5.74, 6) is 0.0464. The van der Waals surface area contributed by atoms with Crippen molar-refractivity contribution in [3.8, 4) is 6.07 Å². The fourth-order valence-electron chi connectivity index (χ4n) is 2.20. The van der Waals surface area contributed by atoms with E-state index < -0.39 is 6.10 Å². The van der Waals surface area contributed by atoms with Crippen molar-refractivity contribution >= 4 is 11.6 Å². The number of hydrogen-bond donors (Lipinski definition) is 1. The molecule has 1 N–H and O–H groups in total. The van der Waals surface area contributed by atoms with Crippen molar-refractivity contribution in [3.05, 3.63) is 29.3 Å². The van der Waals surface area contributed by atoms with Gasteiger partial charge in [0.2, 0.25) is 5.91 Å². The van der Waals surface area contributed by atoms with Crippen molar-refractivity contribution in [2.45, 2.75) is 13.0 Å². The second-order valence-electron chi connectivity index (χ2n) is 4.80. The molecular formula is C14H17N3O2. The van der Waals surface area contributed by atoms with E-state index in [-0.39, 0.29) is 12.5 Å². The highest BCUT2D eigenvalue weighted by atomic mass is 16.3. The van der Waals surface area contributed by atoms with Crippen LogP contribution in [0.3, 0.4) is 0 Å². The Bertz CT molecular complexity index is 534. The largest absolute Gasteiger partial charge is 0.389 e. The van der Waals surface area contributed by atoms with Crippen molar-refractivity contribution in [1.29, 1.82) is 5.26 Å². The van der Waals surface area contributed by atoms with Gasteiger partial charge in [-0.25, -0.2) is 0 Å². The summed E-state index contributed by atoms with van der Waals surface area (Å²) in [4.78, 5) is 15.4. The van der Waals surface area contributed by atoms with Crippen LogP contribution in [0.15, 0.2) is 18.2 Å². The maximum Gasteiger partial charge on any atom is 0.241 e. The molecule has 1 aromatic carbocycles. The van der Waals surface area contributed by atoms with Crippen LogP contribution in [0.1, 0.15) is 24.2 Å². The lowest BCUT2D eigenvalue weighted by atomic mass is 10.0. The average Bonchev–Trinajstić information content (AvgIpc) is 2.41. The lowest BCUT2D eigenvalue weighted by molar-refractivity contribution is -0.129. The fourth-order valence-corrected chi connectivity index (χ4v) is 2.20. The highest BCUT2D eigenvalue weighted by Crippen LogP contribution is 2.28. The third-order valence-electron chi connectivity index (χ3n) is 3.41. The van der Waals surface area contributed by atoms with Crippen LogP contribution in [0.4, 0.5) is 5.69 Å². The summed E-state index contributed by atoms with van der Waals surface area (Å²) in [7, 11) is 1.78. The Kier molecular flexibility index (Phi) is 3.72. The lowest BCUT2D eigenvalue weighted by Crippen LogP contribution is -2.48. The topological polar surface area (TPSA) is 67.6 Å². The first-order valence-corrected chi connectivity index (χ1v) is 6.24. The quantitative estimate of drug-likeness (QED) is 0.856. The molecule has 0 saturated carbocycles. The Morgan fingerprint density at radius 2 is 2.16 bits per heavy atom. The number of amides is 1. The summed E-state index contributed by atoms with van der Waals surface area (Å²) in [6.45, 7) is 3.32. The monoisotopic (exact) mass is 259 g/mol. The number of nitrogens with zero attached hydrogens (tertiary/aromatic N) is 3. The highest BCUT2D eigenvalue weighted by Gasteiger charge is 2.24. The van der Waals surface area contributed by atoms with Crippen molar-refractivity contribution in [3.63, 3.8) is 0 Å². The van der Waals surface area contributed by atoms with Crippen molar-refractivity contribution in [2.24, 2.45) is 0 Å². The number of carbonyl (C=O) groups excluding carboxylic acids is 1. The van der Waals surface area contributed by atoms with Gasteiger partial charge < -0.3 is 14.9 Å². The lowest BCUT2D eigenvalue weighted by Gasteiger charge is -2.35. The maximum atomic E-state index is 11.8. The molecule has 1 saturated heterocycles. The van der Waals surface area contributed by atoms with Gasteiger partial charge in [-0.15, -0.1) is 0 Å². The molecule has 100 valence electrons. The van der Waals surface area contributed by atoms with E-state index in [2.05, 4.69) is 6.07 Å². The van der Waals surface area contributed by atoms with Gasteiger partial charge in [0.25, 0.3) is 0 Å². The van der Waals surface area contributed by atoms with Gasteiger partial charge in [0, 0.05) is 31.4 Å². The molecule has 0 unspecified atom stereocenters. The maximum absolute atomic E-state index is 11.8. The summed E-state index contributed by atoms with van der Waals surface area (Å²) in [6, 6.07) is 7.26. The molecule has 1 amide bonds. The molecule has 1 aromatic rings. The third-order valence-corrected chi connectivity index (χ3v) is 3.41. The number of nitriles is 1. The first-order valence-electron chi connectivity index (χ1n) is 6.24. The van der Waals surface area contributed by atoms with Gasteiger partial charge in [0.05, 0.1) is 24.3 Å². The molecule has 0 aromatic heterocycles. The van der Waals surface area contributed by atoms with Crippen LogP contribution in [0, 0.1) is 11.3 Å². The minimum Gasteiger partial charge on any atom is -0.389 e. The van der Waals surface area contributed by atoms with E-state index in [0.29, 0.717) is 18.7 Å². The van der Waals surface area contributed by atoms with E-state index in [0.717, 1.165) is 11.3 Å². The van der Waals surface area contributed by atoms with Crippen LogP contribution in [-0.4, -0.2) is 42.6 Å². The number of aliphatic hydroxyl groups excluding tert-OH is 1. The van der Waals surface area contributed by atoms with E-state index in [1.54, 1.807) is 37.1 Å². The van der Waals surface area contributed by atoms with E-state index >= 15 is 0 Å². The molecule has 2 rings (SSSR count). The van der Waals surface area contributed by atoms with Crippen LogP contribution >= 0.6 is 0 Å². The van der Waals surface area contributed by atoms with E-state index in [1.165, 1.54) is 0 Å². The van der Waals surface area contributed by atoms with E-state index in [1.807, 2.05) is 4.90 Å². The SMILES string of the molecule is C[C@H](O)c1ccc(C#N)cc1N1CCN(C)C(=O)C1. The van der Waals surface area contributed by atoms with Gasteiger partial charge >= 0.3 is 0 Å². The first-order chi connectivity index (χ1) is 9.02. The molecule has 1 heterocycles. The zero-order chi connectivity index (χ0) is 14.0. The van der Waals surface area contributed by atoms with Gasteiger partial charge in [-0.2, -0.15) is 5.26 Å². The van der Waals surface area contributed by atoms with E-state index in [4.69, 9.17) is 5.26 Å². The molecule has 0 spiro atoms. The molecule has 5 heteroatoms. The Balaban J connectivity index is 2.37. The van der Waals surface area contributed by atoms with Crippen LogP contribution in [0.2, 0.25) is 0 Å². The number of piperazine rings is 1. The number of hydrogen-bond acceptors (Lipinski definition) is 4. The summed E-state index contributed by atoms with van der Waals surface area (Å²) in [6.07, 6.45) is -0.627. The molecule has 0 aliphatic carbocycles. The van der Waals surface area contributed by atoms with Gasteiger partial charge in [-0.1, -0.05) is 6.07 Å². The average molecular weight is 259 g/mol. The van der Waals surface area contributed by atoms with Crippen molar-refractivity contribution < 1.29 is 9.90 Å². The highest BCUT2D eigenvalue weighted by molar-refractivity contribution is 5.83. The van der Waals surface area contributed by atoms with Crippen molar-refractivity contribution in [2.75, 3.05) is 31.6 Å². The number of rotatable bonds is 2. The Morgan fingerprint density at radius 3 is 2.74 bits per heavy atom. The van der Waals surface area contributed by atoms with Crippen LogP contribution in [0.5, 0.6) is 0 Å². The molecule has 1 fully saturated rings. The number of benzene rings is 1. The Labute approximate surface area is 112 Å². The van der Waals surface area contributed by atoms with Gasteiger partial charge in [-0.05, 0) is 19.1 Å². The Hall–Kier alpha value is -2.06. The molecular weight excluding hydrogens is 242 g/mol. The minimum atomic E-state index is -0.627. The second kappa shape index (κ2) is 5.29. The van der Waals surface area contributed by atoms with Gasteiger partial charge in [0.1, 0.15) is 0 Å². The Morgan fingerprint density at radius 1 is 1.42 bits per heavy atom. The van der Waals surface area contributed by atoms with Crippen LogP contribution < -0.4 is 4.90 Å². The van der Waals surface area contributed by atoms with Gasteiger partial charge in [0.15, 0.2) is 0 Å². The number of carbonyl (C=O) groups is 1. The summed E-state index contributed by atoms with van der Waals surface area (Å²) in [5.41, 5.74) is 2.05. The molecule has 0 radical (unpaired) electrons. The molecule has 1 aliphatic heterocycles.